The molecule has 0 saturated heterocycles. The van der Waals surface area contributed by atoms with Crippen LogP contribution in [0.2, 0.25) is 0 Å². The van der Waals surface area contributed by atoms with E-state index in [1.165, 1.54) is 0 Å². The number of hydrogen-bond donors (Lipinski definition) is 1. The highest BCUT2D eigenvalue weighted by Gasteiger charge is 2.16. The van der Waals surface area contributed by atoms with Crippen molar-refractivity contribution in [2.75, 3.05) is 19.8 Å². The van der Waals surface area contributed by atoms with E-state index in [-0.39, 0.29) is 24.7 Å². The molecule has 5 nitrogen and oxygen atoms in total. The molecule has 0 atom stereocenters. The minimum atomic E-state index is -0.495. The minimum Gasteiger partial charge on any atom is -0.460 e. The molecule has 0 aromatic carbocycles. The zero-order valence-electron chi connectivity index (χ0n) is 11.9. The highest BCUT2D eigenvalue weighted by atomic mass is 16.6. The van der Waals surface area contributed by atoms with E-state index in [2.05, 4.69) is 5.32 Å². The minimum absolute atomic E-state index is 0.120. The van der Waals surface area contributed by atoms with Crippen molar-refractivity contribution in [1.82, 2.24) is 5.32 Å². The van der Waals surface area contributed by atoms with Gasteiger partial charge in [0.25, 0.3) is 0 Å². The van der Waals surface area contributed by atoms with Crippen molar-refractivity contribution in [1.29, 1.82) is 0 Å². The summed E-state index contributed by atoms with van der Waals surface area (Å²) in [6.45, 7) is 9.25. The van der Waals surface area contributed by atoms with Crippen LogP contribution >= 0.6 is 0 Å². The number of ether oxygens (including phenoxy) is 2. The fourth-order valence-electron chi connectivity index (χ4n) is 1.24. The summed E-state index contributed by atoms with van der Waals surface area (Å²) in [5.74, 6) is -0.468. The van der Waals surface area contributed by atoms with E-state index < -0.39 is 5.60 Å². The predicted octanol–water partition coefficient (Wildman–Crippen LogP) is 1.65. The van der Waals surface area contributed by atoms with Gasteiger partial charge in [0, 0.05) is 26.2 Å². The maximum absolute atomic E-state index is 11.4. The average Bonchev–Trinajstić information content (AvgIpc) is 2.24. The molecule has 18 heavy (non-hydrogen) atoms. The second-order valence-corrected chi connectivity index (χ2v) is 4.99. The number of rotatable bonds is 8. The van der Waals surface area contributed by atoms with Gasteiger partial charge in [-0.2, -0.15) is 0 Å². The topological polar surface area (TPSA) is 64.6 Å². The molecule has 0 saturated carbocycles. The Morgan fingerprint density at radius 1 is 1.17 bits per heavy atom. The van der Waals surface area contributed by atoms with E-state index in [1.54, 1.807) is 20.8 Å². The summed E-state index contributed by atoms with van der Waals surface area (Å²) in [6, 6.07) is 0. The number of carbonyl (C=O) groups excluding carboxylic acids is 2. The quantitative estimate of drug-likeness (QED) is 0.532. The Hall–Kier alpha value is -1.10. The molecule has 0 radical (unpaired) electrons. The molecular weight excluding hydrogens is 234 g/mol. The van der Waals surface area contributed by atoms with Gasteiger partial charge in [0.2, 0.25) is 5.91 Å². The zero-order chi connectivity index (χ0) is 14.0. The second-order valence-electron chi connectivity index (χ2n) is 4.99. The molecule has 0 spiro atoms. The number of nitrogens with one attached hydrogen (secondary N) is 1. The second kappa shape index (κ2) is 8.91. The van der Waals surface area contributed by atoms with Gasteiger partial charge in [-0.25, -0.2) is 0 Å². The van der Waals surface area contributed by atoms with Crippen LogP contribution in [0.3, 0.4) is 0 Å². The summed E-state index contributed by atoms with van der Waals surface area (Å²) in [5, 5.41) is 2.73. The van der Waals surface area contributed by atoms with Crippen LogP contribution in [0.4, 0.5) is 0 Å². The summed E-state index contributed by atoms with van der Waals surface area (Å²) in [5.41, 5.74) is -0.495. The predicted molar refractivity (Wildman–Crippen MR) is 69.2 cm³/mol. The van der Waals surface area contributed by atoms with E-state index in [9.17, 15) is 9.59 Å². The molecule has 1 amide bonds. The van der Waals surface area contributed by atoms with Crippen LogP contribution in [-0.4, -0.2) is 37.2 Å². The maximum atomic E-state index is 11.4. The molecule has 0 aliphatic carbocycles. The number of amides is 1. The van der Waals surface area contributed by atoms with E-state index in [1.807, 2.05) is 6.92 Å². The van der Waals surface area contributed by atoms with Gasteiger partial charge >= 0.3 is 5.97 Å². The molecule has 0 aliphatic heterocycles. The van der Waals surface area contributed by atoms with Crippen LogP contribution in [0.25, 0.3) is 0 Å². The summed E-state index contributed by atoms with van der Waals surface area (Å²) in [4.78, 5) is 22.7. The molecule has 0 heterocycles. The van der Waals surface area contributed by atoms with Crippen LogP contribution in [-0.2, 0) is 19.1 Å². The Kier molecular flexibility index (Phi) is 8.37. The highest BCUT2D eigenvalue weighted by molar-refractivity contribution is 5.81. The van der Waals surface area contributed by atoms with Crippen LogP contribution in [0.5, 0.6) is 0 Å². The summed E-state index contributed by atoms with van der Waals surface area (Å²) < 4.78 is 10.2. The van der Waals surface area contributed by atoms with Crippen molar-refractivity contribution in [3.8, 4) is 0 Å². The van der Waals surface area contributed by atoms with Crippen molar-refractivity contribution in [2.45, 2.75) is 52.6 Å². The fraction of sp³-hybridized carbons (Fsp3) is 0.846. The van der Waals surface area contributed by atoms with Crippen molar-refractivity contribution < 1.29 is 19.1 Å². The third-order valence-corrected chi connectivity index (χ3v) is 1.97. The van der Waals surface area contributed by atoms with E-state index >= 15 is 0 Å². The summed E-state index contributed by atoms with van der Waals surface area (Å²) >= 11 is 0. The lowest BCUT2D eigenvalue weighted by Gasteiger charge is -2.19. The molecule has 5 heteroatoms. The molecule has 0 unspecified atom stereocenters. The lowest BCUT2D eigenvalue weighted by molar-refractivity contribution is -0.155. The first-order valence-electron chi connectivity index (χ1n) is 6.41. The molecule has 0 aliphatic rings. The molecule has 0 bridgehead atoms. The Morgan fingerprint density at radius 2 is 1.83 bits per heavy atom. The zero-order valence-corrected chi connectivity index (χ0v) is 11.9. The van der Waals surface area contributed by atoms with Gasteiger partial charge in [-0.1, -0.05) is 0 Å². The fourth-order valence-corrected chi connectivity index (χ4v) is 1.24. The van der Waals surface area contributed by atoms with Gasteiger partial charge in [-0.15, -0.1) is 0 Å². The Bertz CT molecular complexity index is 258. The maximum Gasteiger partial charge on any atom is 0.306 e. The number of hydrogen-bond acceptors (Lipinski definition) is 4. The molecule has 0 fully saturated rings. The largest absolute Gasteiger partial charge is 0.460 e. The van der Waals surface area contributed by atoms with E-state index in [0.29, 0.717) is 19.8 Å². The SMILES string of the molecule is CCOCCCNC(=O)CCC(=O)OC(C)(C)C. The summed E-state index contributed by atoms with van der Waals surface area (Å²) in [7, 11) is 0. The number of esters is 1. The van der Waals surface area contributed by atoms with Crippen molar-refractivity contribution in [2.24, 2.45) is 0 Å². The van der Waals surface area contributed by atoms with Crippen molar-refractivity contribution in [3.63, 3.8) is 0 Å². The van der Waals surface area contributed by atoms with Gasteiger partial charge in [-0.05, 0) is 34.1 Å². The first-order valence-corrected chi connectivity index (χ1v) is 6.41. The molecule has 0 aromatic heterocycles. The monoisotopic (exact) mass is 259 g/mol. The average molecular weight is 259 g/mol. The van der Waals surface area contributed by atoms with Crippen LogP contribution in [0, 0.1) is 0 Å². The molecule has 0 rings (SSSR count). The Balaban J connectivity index is 3.55. The van der Waals surface area contributed by atoms with Crippen molar-refractivity contribution in [3.05, 3.63) is 0 Å². The van der Waals surface area contributed by atoms with Crippen LogP contribution in [0.15, 0.2) is 0 Å². The number of carbonyl (C=O) groups is 2. The van der Waals surface area contributed by atoms with E-state index in [4.69, 9.17) is 9.47 Å². The highest BCUT2D eigenvalue weighted by Crippen LogP contribution is 2.08. The normalized spacial score (nSPS) is 11.1. The van der Waals surface area contributed by atoms with E-state index in [0.717, 1.165) is 6.42 Å². The van der Waals surface area contributed by atoms with Crippen molar-refractivity contribution >= 4 is 11.9 Å². The Labute approximate surface area is 109 Å². The molecule has 0 aromatic rings. The molecule has 106 valence electrons. The molecule has 1 N–H and O–H groups in total. The lowest BCUT2D eigenvalue weighted by Crippen LogP contribution is -2.28. The molecular formula is C13H25NO4. The third-order valence-electron chi connectivity index (χ3n) is 1.97. The first-order chi connectivity index (χ1) is 8.35. The summed E-state index contributed by atoms with van der Waals surface area (Å²) in [6.07, 6.45) is 1.07. The lowest BCUT2D eigenvalue weighted by atomic mass is 10.2. The van der Waals surface area contributed by atoms with Gasteiger partial charge < -0.3 is 14.8 Å². The Morgan fingerprint density at radius 3 is 2.39 bits per heavy atom. The van der Waals surface area contributed by atoms with Crippen LogP contribution in [0.1, 0.15) is 47.0 Å². The smallest absolute Gasteiger partial charge is 0.306 e. The standard InChI is InChI=1S/C13H25NO4/c1-5-17-10-6-9-14-11(15)7-8-12(16)18-13(2,3)4/h5-10H2,1-4H3,(H,14,15). The third kappa shape index (κ3) is 11.4. The van der Waals surface area contributed by atoms with Gasteiger partial charge in [0.1, 0.15) is 5.60 Å². The van der Waals surface area contributed by atoms with Gasteiger partial charge in [0.15, 0.2) is 0 Å². The van der Waals surface area contributed by atoms with Gasteiger partial charge in [-0.3, -0.25) is 9.59 Å². The first kappa shape index (κ1) is 16.9. The van der Waals surface area contributed by atoms with Gasteiger partial charge in [0.05, 0.1) is 6.42 Å². The van der Waals surface area contributed by atoms with Crippen LogP contribution < -0.4 is 5.32 Å².